The maximum atomic E-state index is 13.5. The number of hydrogen-bond donors (Lipinski definition) is 0. The van der Waals surface area contributed by atoms with Crippen molar-refractivity contribution in [2.75, 3.05) is 6.26 Å². The normalized spacial score (nSPS) is 11.4. The lowest BCUT2D eigenvalue weighted by atomic mass is 10.1. The highest BCUT2D eigenvalue weighted by atomic mass is 32.2. The lowest BCUT2D eigenvalue weighted by Crippen LogP contribution is -2.23. The molecule has 0 aliphatic heterocycles. The van der Waals surface area contributed by atoms with Crippen LogP contribution in [0.5, 0.6) is 0 Å². The first-order chi connectivity index (χ1) is 14.1. The topological polar surface area (TPSA) is 72.5 Å². The average molecular weight is 401 g/mol. The molecule has 2 heterocycles. The zero-order valence-corrected chi connectivity index (χ0v) is 17.1. The molecule has 0 aliphatic rings. The molecule has 6 nitrogen and oxygen atoms in total. The molecule has 2 aromatic heterocycles. The third kappa shape index (κ3) is 3.56. The molecule has 144 valence electrons. The van der Waals surface area contributed by atoms with Crippen molar-refractivity contribution < 1.29 is 0 Å². The molecule has 0 bridgehead atoms. The summed E-state index contributed by atoms with van der Waals surface area (Å²) in [5.74, 6) is 0. The van der Waals surface area contributed by atoms with E-state index >= 15 is 0 Å². The van der Waals surface area contributed by atoms with Gasteiger partial charge in [0.1, 0.15) is 5.69 Å². The summed E-state index contributed by atoms with van der Waals surface area (Å²) in [6, 6.07) is 19.0. The lowest BCUT2D eigenvalue weighted by molar-refractivity contribution is 0.814. The second kappa shape index (κ2) is 7.97. The maximum absolute atomic E-state index is 13.5. The Morgan fingerprint density at radius 1 is 0.897 bits per heavy atom. The predicted octanol–water partition coefficient (Wildman–Crippen LogP) is 5.53. The van der Waals surface area contributed by atoms with Gasteiger partial charge in [-0.15, -0.1) is 5.11 Å². The van der Waals surface area contributed by atoms with Crippen molar-refractivity contribution in [1.29, 1.82) is 0 Å². The second-order valence-electron chi connectivity index (χ2n) is 6.48. The van der Waals surface area contributed by atoms with E-state index in [0.29, 0.717) is 27.6 Å². The van der Waals surface area contributed by atoms with Crippen LogP contribution in [-0.4, -0.2) is 20.8 Å². The van der Waals surface area contributed by atoms with E-state index in [1.54, 1.807) is 4.57 Å². The van der Waals surface area contributed by atoms with Gasteiger partial charge in [-0.3, -0.25) is 9.36 Å². The first kappa shape index (κ1) is 19.0. The molecule has 0 N–H and O–H groups in total. The van der Waals surface area contributed by atoms with E-state index in [4.69, 9.17) is 0 Å². The Morgan fingerprint density at radius 2 is 1.55 bits per heavy atom. The van der Waals surface area contributed by atoms with Gasteiger partial charge in [-0.1, -0.05) is 48.2 Å². The summed E-state index contributed by atoms with van der Waals surface area (Å²) in [4.78, 5) is 22.7. The van der Waals surface area contributed by atoms with E-state index in [0.717, 1.165) is 16.9 Å². The van der Waals surface area contributed by atoms with E-state index < -0.39 is 0 Å². The Balaban J connectivity index is 1.97. The Hall–Kier alpha value is -3.32. The van der Waals surface area contributed by atoms with Crippen LogP contribution in [0.4, 0.5) is 11.4 Å². The molecule has 2 aromatic carbocycles. The van der Waals surface area contributed by atoms with Crippen molar-refractivity contribution in [1.82, 2.24) is 14.5 Å². The van der Waals surface area contributed by atoms with Crippen LogP contribution in [0.15, 0.2) is 80.8 Å². The van der Waals surface area contributed by atoms with E-state index in [9.17, 15) is 4.79 Å². The Morgan fingerprint density at radius 3 is 2.21 bits per heavy atom. The van der Waals surface area contributed by atoms with Gasteiger partial charge >= 0.3 is 0 Å². The standard InChI is InChI=1S/C22H19N5OS/c1-14-18-20(23-15(2)19(14)26-25-16-10-6-4-7-11-16)24-22(29-3)27(21(18)28)17-12-8-5-9-13-17/h4-13H,1-3H3. The van der Waals surface area contributed by atoms with Gasteiger partial charge in [0.05, 0.1) is 22.5 Å². The zero-order valence-electron chi connectivity index (χ0n) is 16.3. The molecule has 0 radical (unpaired) electrons. The third-order valence-electron chi connectivity index (χ3n) is 4.60. The molecule has 0 saturated heterocycles. The predicted molar refractivity (Wildman–Crippen MR) is 117 cm³/mol. The number of azo groups is 1. The van der Waals surface area contributed by atoms with Crippen molar-refractivity contribution in [3.8, 4) is 5.69 Å². The summed E-state index contributed by atoms with van der Waals surface area (Å²) in [5, 5.41) is 9.75. The van der Waals surface area contributed by atoms with Gasteiger partial charge < -0.3 is 0 Å². The van der Waals surface area contributed by atoms with Crippen molar-refractivity contribution in [3.05, 3.63) is 82.3 Å². The molecule has 4 aromatic rings. The number of benzene rings is 2. The fourth-order valence-corrected chi connectivity index (χ4v) is 3.74. The second-order valence-corrected chi connectivity index (χ2v) is 7.25. The SMILES string of the molecule is CSc1nc2nc(C)c(N=Nc3ccccc3)c(C)c2c(=O)n1-c1ccccc1. The van der Waals surface area contributed by atoms with Crippen LogP contribution < -0.4 is 5.56 Å². The Kier molecular flexibility index (Phi) is 5.22. The summed E-state index contributed by atoms with van der Waals surface area (Å²) in [6.07, 6.45) is 1.90. The Labute approximate surface area is 172 Å². The molecule has 0 fully saturated rings. The van der Waals surface area contributed by atoms with Crippen molar-refractivity contribution in [3.63, 3.8) is 0 Å². The first-order valence-corrected chi connectivity index (χ1v) is 10.3. The highest BCUT2D eigenvalue weighted by Gasteiger charge is 2.18. The molecule has 0 amide bonds. The zero-order chi connectivity index (χ0) is 20.4. The molecule has 29 heavy (non-hydrogen) atoms. The van der Waals surface area contributed by atoms with Crippen LogP contribution in [0.3, 0.4) is 0 Å². The van der Waals surface area contributed by atoms with Crippen molar-refractivity contribution in [2.24, 2.45) is 10.2 Å². The number of fused-ring (bicyclic) bond motifs is 1. The minimum atomic E-state index is -0.160. The number of rotatable bonds is 4. The van der Waals surface area contributed by atoms with Crippen LogP contribution in [0.1, 0.15) is 11.3 Å². The summed E-state index contributed by atoms with van der Waals surface area (Å²) in [6.45, 7) is 3.72. The molecule has 0 atom stereocenters. The fourth-order valence-electron chi connectivity index (χ4n) is 3.19. The minimum absolute atomic E-state index is 0.160. The molecule has 0 aliphatic carbocycles. The smallest absolute Gasteiger partial charge is 0.268 e. The van der Waals surface area contributed by atoms with Crippen LogP contribution >= 0.6 is 11.8 Å². The van der Waals surface area contributed by atoms with Gasteiger partial charge in [0.15, 0.2) is 10.8 Å². The van der Waals surface area contributed by atoms with Crippen molar-refractivity contribution >= 4 is 34.2 Å². The van der Waals surface area contributed by atoms with Gasteiger partial charge in [0.2, 0.25) is 0 Å². The van der Waals surface area contributed by atoms with E-state index in [-0.39, 0.29) is 5.56 Å². The quantitative estimate of drug-likeness (QED) is 0.256. The summed E-state index contributed by atoms with van der Waals surface area (Å²) in [5.41, 5.74) is 3.78. The van der Waals surface area contributed by atoms with E-state index in [2.05, 4.69) is 20.2 Å². The number of para-hydroxylation sites is 1. The van der Waals surface area contributed by atoms with Crippen molar-refractivity contribution in [2.45, 2.75) is 19.0 Å². The minimum Gasteiger partial charge on any atom is -0.268 e. The molecular formula is C22H19N5OS. The molecule has 0 unspecified atom stereocenters. The maximum Gasteiger partial charge on any atom is 0.268 e. The highest BCUT2D eigenvalue weighted by molar-refractivity contribution is 7.98. The number of pyridine rings is 1. The summed E-state index contributed by atoms with van der Waals surface area (Å²) in [7, 11) is 0. The summed E-state index contributed by atoms with van der Waals surface area (Å²) < 4.78 is 1.62. The molecular weight excluding hydrogens is 382 g/mol. The molecule has 4 rings (SSSR count). The molecule has 0 saturated carbocycles. The third-order valence-corrected chi connectivity index (χ3v) is 5.24. The average Bonchev–Trinajstić information content (AvgIpc) is 2.74. The number of aromatic nitrogens is 3. The van der Waals surface area contributed by atoms with Gasteiger partial charge in [0.25, 0.3) is 5.56 Å². The Bertz CT molecular complexity index is 1270. The van der Waals surface area contributed by atoms with Crippen LogP contribution in [0.25, 0.3) is 16.7 Å². The lowest BCUT2D eigenvalue weighted by Gasteiger charge is -2.14. The van der Waals surface area contributed by atoms with Gasteiger partial charge in [-0.2, -0.15) is 5.11 Å². The van der Waals surface area contributed by atoms with Crippen LogP contribution in [0.2, 0.25) is 0 Å². The first-order valence-electron chi connectivity index (χ1n) is 9.10. The molecule has 0 spiro atoms. The van der Waals surface area contributed by atoms with Gasteiger partial charge in [-0.05, 0) is 49.9 Å². The number of aryl methyl sites for hydroxylation is 2. The van der Waals surface area contributed by atoms with Gasteiger partial charge in [-0.25, -0.2) is 9.97 Å². The number of thioether (sulfide) groups is 1. The highest BCUT2D eigenvalue weighted by Crippen LogP contribution is 2.30. The molecule has 7 heteroatoms. The monoisotopic (exact) mass is 401 g/mol. The van der Waals surface area contributed by atoms with Crippen LogP contribution in [-0.2, 0) is 0 Å². The van der Waals surface area contributed by atoms with E-state index in [1.165, 1.54) is 11.8 Å². The summed E-state index contributed by atoms with van der Waals surface area (Å²) >= 11 is 1.41. The number of nitrogens with zero attached hydrogens (tertiary/aromatic N) is 5. The van der Waals surface area contributed by atoms with Gasteiger partial charge in [0, 0.05) is 0 Å². The largest absolute Gasteiger partial charge is 0.268 e. The number of hydrogen-bond acceptors (Lipinski definition) is 6. The van der Waals surface area contributed by atoms with Crippen LogP contribution in [0, 0.1) is 13.8 Å². The van der Waals surface area contributed by atoms with E-state index in [1.807, 2.05) is 80.8 Å². The fraction of sp³-hybridized carbons (Fsp3) is 0.136.